The highest BCUT2D eigenvalue weighted by Gasteiger charge is 2.10. The summed E-state index contributed by atoms with van der Waals surface area (Å²) in [4.78, 5) is 0. The third kappa shape index (κ3) is 3.77. The molecule has 0 radical (unpaired) electrons. The van der Waals surface area contributed by atoms with E-state index in [1.807, 2.05) is 32.0 Å². The highest BCUT2D eigenvalue weighted by Crippen LogP contribution is 2.27. The number of nitrogens with two attached hydrogens (primary N) is 1. The molecule has 16 heavy (non-hydrogen) atoms. The molecule has 2 atom stereocenters. The summed E-state index contributed by atoms with van der Waals surface area (Å²) in [7, 11) is 1.67. The minimum Gasteiger partial charge on any atom is -0.491 e. The molecule has 2 N–H and O–H groups in total. The molecule has 0 bridgehead atoms. The molecule has 0 amide bonds. The minimum atomic E-state index is -0.0408. The van der Waals surface area contributed by atoms with Gasteiger partial charge in [0, 0.05) is 23.2 Å². The largest absolute Gasteiger partial charge is 0.491 e. The Kier molecular flexibility index (Phi) is 5.25. The number of hydrogen-bond donors (Lipinski definition) is 1. The second kappa shape index (κ2) is 6.23. The van der Waals surface area contributed by atoms with Gasteiger partial charge in [0.05, 0.1) is 6.10 Å². The lowest BCUT2D eigenvalue weighted by Gasteiger charge is -2.16. The Morgan fingerprint density at radius 2 is 2.06 bits per heavy atom. The second-order valence-electron chi connectivity index (χ2n) is 3.83. The van der Waals surface area contributed by atoms with Crippen LogP contribution in [0, 0.1) is 0 Å². The molecule has 0 aliphatic carbocycles. The summed E-state index contributed by atoms with van der Waals surface area (Å²) in [6.45, 7) is 4.42. The minimum absolute atomic E-state index is 0.0408. The van der Waals surface area contributed by atoms with E-state index in [1.165, 1.54) is 0 Å². The Balaban J connectivity index is 2.80. The van der Waals surface area contributed by atoms with Gasteiger partial charge in [0.2, 0.25) is 0 Å². The molecule has 2 unspecified atom stereocenters. The fraction of sp³-hybridized carbons (Fsp3) is 0.500. The molecule has 0 saturated heterocycles. The third-order valence-corrected chi connectivity index (χ3v) is 2.84. The van der Waals surface area contributed by atoms with E-state index in [2.05, 4.69) is 15.9 Å². The van der Waals surface area contributed by atoms with E-state index in [9.17, 15) is 0 Å². The Morgan fingerprint density at radius 1 is 1.38 bits per heavy atom. The van der Waals surface area contributed by atoms with Gasteiger partial charge in [-0.2, -0.15) is 0 Å². The first kappa shape index (κ1) is 13.5. The van der Waals surface area contributed by atoms with Crippen molar-refractivity contribution in [2.75, 3.05) is 13.7 Å². The fourth-order valence-electron chi connectivity index (χ4n) is 1.28. The first-order chi connectivity index (χ1) is 7.54. The summed E-state index contributed by atoms with van der Waals surface area (Å²) >= 11 is 3.42. The summed E-state index contributed by atoms with van der Waals surface area (Å²) in [5.74, 6) is 0.813. The Labute approximate surface area is 105 Å². The van der Waals surface area contributed by atoms with Crippen LogP contribution in [0.1, 0.15) is 25.5 Å². The number of methoxy groups -OCH3 is 1. The molecule has 0 aromatic heterocycles. The van der Waals surface area contributed by atoms with Crippen molar-refractivity contribution in [2.45, 2.75) is 26.0 Å². The maximum atomic E-state index is 5.88. The van der Waals surface area contributed by atoms with Crippen LogP contribution in [0.4, 0.5) is 0 Å². The van der Waals surface area contributed by atoms with Crippen molar-refractivity contribution in [2.24, 2.45) is 5.73 Å². The number of ether oxygens (including phenoxy) is 2. The summed E-state index contributed by atoms with van der Waals surface area (Å²) < 4.78 is 11.8. The van der Waals surface area contributed by atoms with Gasteiger partial charge in [-0.25, -0.2) is 0 Å². The van der Waals surface area contributed by atoms with Gasteiger partial charge in [-0.1, -0.05) is 22.0 Å². The topological polar surface area (TPSA) is 44.5 Å². The zero-order valence-corrected chi connectivity index (χ0v) is 11.5. The number of rotatable bonds is 5. The first-order valence-electron chi connectivity index (χ1n) is 5.25. The average molecular weight is 288 g/mol. The fourth-order valence-corrected chi connectivity index (χ4v) is 1.62. The Bertz CT molecular complexity index is 342. The average Bonchev–Trinajstić information content (AvgIpc) is 2.25. The van der Waals surface area contributed by atoms with Crippen LogP contribution in [0.15, 0.2) is 22.7 Å². The predicted octanol–water partition coefficient (Wildman–Crippen LogP) is 2.88. The summed E-state index contributed by atoms with van der Waals surface area (Å²) in [5.41, 5.74) is 6.88. The molecular weight excluding hydrogens is 270 g/mol. The zero-order valence-electron chi connectivity index (χ0n) is 9.87. The quantitative estimate of drug-likeness (QED) is 0.906. The van der Waals surface area contributed by atoms with E-state index in [4.69, 9.17) is 15.2 Å². The molecular formula is C12H18BrNO2. The highest BCUT2D eigenvalue weighted by molar-refractivity contribution is 9.10. The van der Waals surface area contributed by atoms with Gasteiger partial charge in [-0.15, -0.1) is 0 Å². The van der Waals surface area contributed by atoms with Crippen LogP contribution in [0.3, 0.4) is 0 Å². The standard InChI is InChI=1S/C12H18BrNO2/c1-8(15-3)7-16-12-6-10(13)4-5-11(12)9(2)14/h4-6,8-9H,7,14H2,1-3H3. The first-order valence-corrected chi connectivity index (χ1v) is 6.04. The van der Waals surface area contributed by atoms with Crippen molar-refractivity contribution in [1.29, 1.82) is 0 Å². The van der Waals surface area contributed by atoms with E-state index in [1.54, 1.807) is 7.11 Å². The van der Waals surface area contributed by atoms with Gasteiger partial charge >= 0.3 is 0 Å². The van der Waals surface area contributed by atoms with Crippen molar-refractivity contribution >= 4 is 15.9 Å². The number of hydrogen-bond acceptors (Lipinski definition) is 3. The third-order valence-electron chi connectivity index (χ3n) is 2.34. The van der Waals surface area contributed by atoms with E-state index in [0.29, 0.717) is 6.61 Å². The summed E-state index contributed by atoms with van der Waals surface area (Å²) in [6.07, 6.45) is 0.0694. The van der Waals surface area contributed by atoms with Gasteiger partial charge < -0.3 is 15.2 Å². The SMILES string of the molecule is COC(C)COc1cc(Br)ccc1C(C)N. The molecule has 3 nitrogen and oxygen atoms in total. The van der Waals surface area contributed by atoms with Crippen molar-refractivity contribution in [3.8, 4) is 5.75 Å². The molecule has 0 aliphatic rings. The van der Waals surface area contributed by atoms with Crippen LogP contribution < -0.4 is 10.5 Å². The molecule has 1 aromatic carbocycles. The summed E-state index contributed by atoms with van der Waals surface area (Å²) in [6, 6.07) is 5.83. The van der Waals surface area contributed by atoms with Gasteiger partial charge in [0.25, 0.3) is 0 Å². The molecule has 0 aliphatic heterocycles. The van der Waals surface area contributed by atoms with E-state index in [0.717, 1.165) is 15.8 Å². The Hall–Kier alpha value is -0.580. The van der Waals surface area contributed by atoms with Crippen LogP contribution >= 0.6 is 15.9 Å². The van der Waals surface area contributed by atoms with E-state index >= 15 is 0 Å². The molecule has 90 valence electrons. The van der Waals surface area contributed by atoms with Crippen molar-refractivity contribution in [1.82, 2.24) is 0 Å². The normalized spacial score (nSPS) is 14.6. The van der Waals surface area contributed by atoms with Crippen LogP contribution in [0.5, 0.6) is 5.75 Å². The number of benzene rings is 1. The highest BCUT2D eigenvalue weighted by atomic mass is 79.9. The van der Waals surface area contributed by atoms with Gasteiger partial charge in [0.15, 0.2) is 0 Å². The van der Waals surface area contributed by atoms with Crippen molar-refractivity contribution in [3.05, 3.63) is 28.2 Å². The van der Waals surface area contributed by atoms with E-state index in [-0.39, 0.29) is 12.1 Å². The number of halogens is 1. The smallest absolute Gasteiger partial charge is 0.125 e. The van der Waals surface area contributed by atoms with Crippen LogP contribution in [-0.2, 0) is 4.74 Å². The molecule has 1 rings (SSSR count). The second-order valence-corrected chi connectivity index (χ2v) is 4.74. The van der Waals surface area contributed by atoms with E-state index < -0.39 is 0 Å². The molecule has 0 heterocycles. The maximum Gasteiger partial charge on any atom is 0.125 e. The monoisotopic (exact) mass is 287 g/mol. The van der Waals surface area contributed by atoms with Gasteiger partial charge in [-0.3, -0.25) is 0 Å². The van der Waals surface area contributed by atoms with Crippen LogP contribution in [-0.4, -0.2) is 19.8 Å². The van der Waals surface area contributed by atoms with Crippen LogP contribution in [0.25, 0.3) is 0 Å². The molecule has 0 spiro atoms. The van der Waals surface area contributed by atoms with Crippen LogP contribution in [0.2, 0.25) is 0 Å². The van der Waals surface area contributed by atoms with Crippen molar-refractivity contribution < 1.29 is 9.47 Å². The molecule has 0 fully saturated rings. The lowest BCUT2D eigenvalue weighted by molar-refractivity contribution is 0.0712. The molecule has 4 heteroatoms. The molecule has 0 saturated carbocycles. The molecule has 1 aromatic rings. The van der Waals surface area contributed by atoms with Crippen molar-refractivity contribution in [3.63, 3.8) is 0 Å². The Morgan fingerprint density at radius 3 is 2.62 bits per heavy atom. The maximum absolute atomic E-state index is 5.88. The summed E-state index contributed by atoms with van der Waals surface area (Å²) in [5, 5.41) is 0. The van der Waals surface area contributed by atoms with Gasteiger partial charge in [0.1, 0.15) is 12.4 Å². The predicted molar refractivity (Wildman–Crippen MR) is 68.7 cm³/mol. The lowest BCUT2D eigenvalue weighted by atomic mass is 10.1. The van der Waals surface area contributed by atoms with Gasteiger partial charge in [-0.05, 0) is 26.0 Å². The zero-order chi connectivity index (χ0) is 12.1. The lowest BCUT2D eigenvalue weighted by Crippen LogP contribution is -2.17.